The predicted molar refractivity (Wildman–Crippen MR) is 152 cm³/mol. The predicted octanol–water partition coefficient (Wildman–Crippen LogP) is 5.88. The largest absolute Gasteiger partial charge is 0.469 e. The fourth-order valence-corrected chi connectivity index (χ4v) is 5.81. The van der Waals surface area contributed by atoms with E-state index < -0.39 is 0 Å². The van der Waals surface area contributed by atoms with Crippen LogP contribution in [0.25, 0.3) is 0 Å². The minimum atomic E-state index is -0.0301. The van der Waals surface area contributed by atoms with E-state index in [2.05, 4.69) is 130 Å². The van der Waals surface area contributed by atoms with Gasteiger partial charge in [-0.25, -0.2) is 8.55 Å². The Kier molecular flexibility index (Phi) is 14.9. The highest BCUT2D eigenvalue weighted by Crippen LogP contribution is 2.20. The lowest BCUT2D eigenvalue weighted by Crippen LogP contribution is -2.61. The minimum absolute atomic E-state index is 0.0301. The first-order chi connectivity index (χ1) is 15.1. The van der Waals surface area contributed by atoms with Crippen LogP contribution in [-0.4, -0.2) is 81.8 Å². The Morgan fingerprint density at radius 1 is 0.364 bits per heavy atom. The lowest BCUT2D eigenvalue weighted by atomic mass is 9.81. The van der Waals surface area contributed by atoms with Gasteiger partial charge in [-0.1, -0.05) is 111 Å². The number of hydrogen-bond acceptors (Lipinski definition) is 6. The van der Waals surface area contributed by atoms with E-state index in [0.29, 0.717) is 48.3 Å². The highest BCUT2D eigenvalue weighted by atomic mass is 32.1. The zero-order chi connectivity index (χ0) is 26.2. The summed E-state index contributed by atoms with van der Waals surface area (Å²) in [7, 11) is -0.0602. The van der Waals surface area contributed by atoms with Crippen LogP contribution in [0, 0.1) is 0 Å². The molecule has 0 rings (SSSR count). The average Bonchev–Trinajstić information content (AvgIpc) is 2.58. The molecule has 9 heteroatoms. The fraction of sp³-hybridized carbons (Fsp3) is 1.00. The quantitative estimate of drug-likeness (QED) is 0.290. The third-order valence-electron chi connectivity index (χ3n) is 6.12. The third kappa shape index (κ3) is 9.75. The lowest BCUT2D eigenvalue weighted by molar-refractivity contribution is 0.222. The van der Waals surface area contributed by atoms with Crippen LogP contribution in [0.1, 0.15) is 111 Å². The van der Waals surface area contributed by atoms with Crippen molar-refractivity contribution in [1.82, 2.24) is 19.2 Å². The maximum Gasteiger partial charge on any atom is 0.469 e. The molecule has 0 bridgehead atoms. The molecule has 194 valence electrons. The average molecular weight is 482 g/mol. The second-order valence-corrected chi connectivity index (χ2v) is 12.1. The summed E-state index contributed by atoms with van der Waals surface area (Å²) in [5.41, 5.74) is 0. The van der Waals surface area contributed by atoms with Crippen molar-refractivity contribution in [2.45, 2.75) is 159 Å². The molecule has 0 unspecified atom stereocenters. The van der Waals surface area contributed by atoms with Crippen LogP contribution in [0.4, 0.5) is 0 Å². The molecule has 0 spiro atoms. The number of rotatable bonds is 14. The molecular weight excluding hydrogens is 426 g/mol. The Hall–Kier alpha value is -0.210. The molecule has 0 aromatic rings. The van der Waals surface area contributed by atoms with Gasteiger partial charge in [0.15, 0.2) is 0 Å². The summed E-state index contributed by atoms with van der Waals surface area (Å²) in [4.78, 5) is 10.0. The molecule has 0 aliphatic carbocycles. The molecular formula is C24H56B2N6S. The van der Waals surface area contributed by atoms with Crippen LogP contribution >= 0.6 is 0 Å². The molecule has 0 heterocycles. The molecule has 0 radical (unpaired) electrons. The molecule has 0 N–H and O–H groups in total. The monoisotopic (exact) mass is 482 g/mol. The summed E-state index contributed by atoms with van der Waals surface area (Å²) >= 11 is 1.41. The van der Waals surface area contributed by atoms with E-state index in [1.807, 2.05) is 0 Å². The van der Waals surface area contributed by atoms with E-state index in [0.717, 1.165) is 0 Å². The number of nitrogens with zero attached hydrogens (tertiary/aromatic N) is 6. The van der Waals surface area contributed by atoms with E-state index in [1.165, 1.54) is 11.4 Å². The Bertz CT molecular complexity index is 484. The maximum absolute atomic E-state index is 5.20. The first kappa shape index (κ1) is 32.8. The van der Waals surface area contributed by atoms with Crippen LogP contribution < -0.4 is 0 Å². The smallest absolute Gasteiger partial charge is 0.302 e. The van der Waals surface area contributed by atoms with Gasteiger partial charge in [0, 0.05) is 11.4 Å². The van der Waals surface area contributed by atoms with Crippen molar-refractivity contribution in [3.05, 3.63) is 0 Å². The standard InChI is InChI=1S/C24H56B2N6S/c1-17(2)29(18(3)4)25(30(19(5)6)20(7)8)27-33-28-26(31(21(9)10)22(11)12)32(23(13)14)24(15)16/h17-24H,1-16H3. The molecule has 0 saturated heterocycles. The second kappa shape index (κ2) is 15.0. The van der Waals surface area contributed by atoms with Crippen LogP contribution in [0.15, 0.2) is 8.55 Å². The SMILES string of the molecule is CC(C)N(B(N=S=NB(N(C(C)C)C(C)C)N(C(C)C)C(C)C)N(C(C)C)C(C)C)C(C)C. The first-order valence-corrected chi connectivity index (χ1v) is 13.9. The molecule has 0 aromatic heterocycles. The summed E-state index contributed by atoms with van der Waals surface area (Å²) in [5.74, 6) is 0. The van der Waals surface area contributed by atoms with Gasteiger partial charge < -0.3 is 19.2 Å². The van der Waals surface area contributed by atoms with E-state index in [-0.39, 0.29) is 14.2 Å². The molecule has 0 atom stereocenters. The van der Waals surface area contributed by atoms with E-state index in [1.54, 1.807) is 0 Å². The summed E-state index contributed by atoms with van der Waals surface area (Å²) in [5, 5.41) is 0. The van der Waals surface area contributed by atoms with Crippen LogP contribution in [0.5, 0.6) is 0 Å². The molecule has 0 amide bonds. The van der Waals surface area contributed by atoms with Gasteiger partial charge in [-0.3, -0.25) is 0 Å². The highest BCUT2D eigenvalue weighted by Gasteiger charge is 2.39. The molecule has 0 aromatic carbocycles. The lowest BCUT2D eigenvalue weighted by Gasteiger charge is -2.42. The minimum Gasteiger partial charge on any atom is -0.302 e. The van der Waals surface area contributed by atoms with Crippen LogP contribution in [0.3, 0.4) is 0 Å². The zero-order valence-electron chi connectivity index (χ0n) is 24.9. The summed E-state index contributed by atoms with van der Waals surface area (Å²) in [6, 6.07) is 3.12. The first-order valence-electron chi connectivity index (χ1n) is 13.2. The van der Waals surface area contributed by atoms with Crippen LogP contribution in [0.2, 0.25) is 0 Å². The summed E-state index contributed by atoms with van der Waals surface area (Å²) in [6.45, 7) is 36.3. The van der Waals surface area contributed by atoms with Gasteiger partial charge in [0.1, 0.15) is 0 Å². The van der Waals surface area contributed by atoms with Gasteiger partial charge in [0.05, 0.1) is 0 Å². The number of hydrogen-bond donors (Lipinski definition) is 0. The molecule has 0 fully saturated rings. The van der Waals surface area contributed by atoms with Crippen molar-refractivity contribution in [3.8, 4) is 0 Å². The van der Waals surface area contributed by atoms with Crippen molar-refractivity contribution < 1.29 is 0 Å². The molecule has 6 nitrogen and oxygen atoms in total. The van der Waals surface area contributed by atoms with Crippen molar-refractivity contribution in [2.75, 3.05) is 0 Å². The van der Waals surface area contributed by atoms with Gasteiger partial charge in [0.2, 0.25) is 0 Å². The van der Waals surface area contributed by atoms with Gasteiger partial charge >= 0.3 is 14.2 Å². The Morgan fingerprint density at radius 2 is 0.515 bits per heavy atom. The third-order valence-corrected chi connectivity index (χ3v) is 6.69. The molecule has 0 saturated carbocycles. The van der Waals surface area contributed by atoms with Crippen molar-refractivity contribution >= 4 is 25.6 Å². The van der Waals surface area contributed by atoms with Gasteiger partial charge in [0.25, 0.3) is 0 Å². The Balaban J connectivity index is 6.71. The summed E-state index contributed by atoms with van der Waals surface area (Å²) in [6.07, 6.45) is 0. The highest BCUT2D eigenvalue weighted by molar-refractivity contribution is 7.59. The Labute approximate surface area is 212 Å². The van der Waals surface area contributed by atoms with Crippen molar-refractivity contribution in [1.29, 1.82) is 0 Å². The molecule has 33 heavy (non-hydrogen) atoms. The normalized spacial score (nSPS) is 13.1. The topological polar surface area (TPSA) is 37.7 Å². The Morgan fingerprint density at radius 3 is 0.636 bits per heavy atom. The fourth-order valence-electron chi connectivity index (χ4n) is 5.16. The maximum atomic E-state index is 5.20. The summed E-state index contributed by atoms with van der Waals surface area (Å²) < 4.78 is 10.4. The van der Waals surface area contributed by atoms with Crippen molar-refractivity contribution in [3.63, 3.8) is 0 Å². The van der Waals surface area contributed by atoms with E-state index in [4.69, 9.17) is 8.55 Å². The van der Waals surface area contributed by atoms with Gasteiger partial charge in [-0.05, 0) is 48.3 Å². The van der Waals surface area contributed by atoms with E-state index >= 15 is 0 Å². The van der Waals surface area contributed by atoms with Crippen LogP contribution in [-0.2, 0) is 11.4 Å². The molecule has 0 aliphatic rings. The second-order valence-electron chi connectivity index (χ2n) is 11.5. The van der Waals surface area contributed by atoms with Crippen molar-refractivity contribution in [2.24, 2.45) is 8.55 Å². The van der Waals surface area contributed by atoms with Gasteiger partial charge in [-0.15, -0.1) is 0 Å². The molecule has 0 aliphatic heterocycles. The van der Waals surface area contributed by atoms with E-state index in [9.17, 15) is 0 Å². The van der Waals surface area contributed by atoms with Gasteiger partial charge in [-0.2, -0.15) is 0 Å². The zero-order valence-corrected chi connectivity index (χ0v) is 25.7.